The molecular formula is C17H27Cl. The molecule has 0 N–H and O–H groups in total. The summed E-state index contributed by atoms with van der Waals surface area (Å²) in [6.07, 6.45) is 1.05. The highest BCUT2D eigenvalue weighted by molar-refractivity contribution is 6.18. The molecule has 0 aliphatic carbocycles. The maximum atomic E-state index is 6.16. The van der Waals surface area contributed by atoms with E-state index in [9.17, 15) is 0 Å². The second kappa shape index (κ2) is 5.65. The van der Waals surface area contributed by atoms with E-state index < -0.39 is 0 Å². The minimum absolute atomic E-state index is 0.185. The molecule has 0 nitrogen and oxygen atoms in total. The van der Waals surface area contributed by atoms with Crippen LogP contribution in [0, 0.1) is 11.3 Å². The van der Waals surface area contributed by atoms with Gasteiger partial charge in [-0.05, 0) is 34.3 Å². The van der Waals surface area contributed by atoms with Gasteiger partial charge < -0.3 is 0 Å². The summed E-state index contributed by atoms with van der Waals surface area (Å²) in [6.45, 7) is 13.5. The predicted octanol–water partition coefficient (Wildman–Crippen LogP) is 5.43. The molecule has 0 spiro atoms. The van der Waals surface area contributed by atoms with E-state index in [0.29, 0.717) is 11.8 Å². The summed E-state index contributed by atoms with van der Waals surface area (Å²) in [7, 11) is 0. The lowest BCUT2D eigenvalue weighted by Gasteiger charge is -2.32. The molecule has 0 bridgehead atoms. The van der Waals surface area contributed by atoms with E-state index in [2.05, 4.69) is 65.8 Å². The highest BCUT2D eigenvalue weighted by Crippen LogP contribution is 2.33. The van der Waals surface area contributed by atoms with E-state index in [1.165, 1.54) is 11.1 Å². The first-order chi connectivity index (χ1) is 8.19. The van der Waals surface area contributed by atoms with Gasteiger partial charge in [-0.1, -0.05) is 65.8 Å². The zero-order valence-electron chi connectivity index (χ0n) is 12.7. The summed E-state index contributed by atoms with van der Waals surface area (Å²) in [6, 6.07) is 9.02. The third-order valence-corrected chi connectivity index (χ3v) is 4.74. The second-order valence-electron chi connectivity index (χ2n) is 7.07. The van der Waals surface area contributed by atoms with Gasteiger partial charge in [0.2, 0.25) is 0 Å². The van der Waals surface area contributed by atoms with Crippen LogP contribution in [-0.2, 0) is 11.8 Å². The lowest BCUT2D eigenvalue weighted by Crippen LogP contribution is -2.28. The van der Waals surface area contributed by atoms with Crippen molar-refractivity contribution < 1.29 is 0 Å². The van der Waals surface area contributed by atoms with Gasteiger partial charge in [0.25, 0.3) is 0 Å². The van der Waals surface area contributed by atoms with Gasteiger partial charge in [0.05, 0.1) is 0 Å². The van der Waals surface area contributed by atoms with Gasteiger partial charge in [-0.2, -0.15) is 0 Å². The van der Waals surface area contributed by atoms with Gasteiger partial charge >= 0.3 is 0 Å². The molecule has 0 saturated heterocycles. The maximum Gasteiger partial charge on any atom is 0.0282 e. The molecule has 0 amide bonds. The first-order valence-corrected chi connectivity index (χ1v) is 7.38. The standard InChI is InChI=1S/C17H27Cl/c1-13(2)17(6,12-18)11-14-7-9-15(10-8-14)16(3,4)5/h7-10,13H,11-12H2,1-6H3. The number of halogens is 1. The topological polar surface area (TPSA) is 0 Å². The first-order valence-electron chi connectivity index (χ1n) is 6.84. The zero-order valence-corrected chi connectivity index (χ0v) is 13.4. The van der Waals surface area contributed by atoms with Crippen LogP contribution in [-0.4, -0.2) is 5.88 Å². The van der Waals surface area contributed by atoms with Crippen molar-refractivity contribution in [3.63, 3.8) is 0 Å². The molecule has 0 radical (unpaired) electrons. The molecule has 102 valence electrons. The fourth-order valence-electron chi connectivity index (χ4n) is 1.99. The summed E-state index contributed by atoms with van der Waals surface area (Å²) in [5.41, 5.74) is 3.19. The number of hydrogen-bond acceptors (Lipinski definition) is 0. The van der Waals surface area contributed by atoms with Gasteiger partial charge in [-0.3, -0.25) is 0 Å². The summed E-state index contributed by atoms with van der Waals surface area (Å²) in [5, 5.41) is 0. The third-order valence-electron chi connectivity index (χ3n) is 4.13. The van der Waals surface area contributed by atoms with Crippen molar-refractivity contribution in [3.05, 3.63) is 35.4 Å². The van der Waals surface area contributed by atoms with Crippen LogP contribution in [0.25, 0.3) is 0 Å². The van der Waals surface area contributed by atoms with Gasteiger partial charge in [0.1, 0.15) is 0 Å². The molecule has 0 aliphatic rings. The summed E-state index contributed by atoms with van der Waals surface area (Å²) in [4.78, 5) is 0. The SMILES string of the molecule is CC(C)C(C)(CCl)Cc1ccc(C(C)(C)C)cc1. The van der Waals surface area contributed by atoms with Crippen molar-refractivity contribution in [2.45, 2.75) is 53.4 Å². The van der Waals surface area contributed by atoms with E-state index >= 15 is 0 Å². The Balaban J connectivity index is 2.87. The Bertz CT molecular complexity index is 370. The highest BCUT2D eigenvalue weighted by atomic mass is 35.5. The average molecular weight is 267 g/mol. The van der Waals surface area contributed by atoms with Crippen molar-refractivity contribution >= 4 is 11.6 Å². The lowest BCUT2D eigenvalue weighted by molar-refractivity contribution is 0.253. The molecule has 0 aliphatic heterocycles. The summed E-state index contributed by atoms with van der Waals surface area (Å²) in [5.74, 6) is 1.31. The Hall–Kier alpha value is -0.490. The van der Waals surface area contributed by atoms with Crippen LogP contribution in [0.3, 0.4) is 0 Å². The Morgan fingerprint density at radius 3 is 1.83 bits per heavy atom. The first kappa shape index (κ1) is 15.6. The van der Waals surface area contributed by atoms with Gasteiger partial charge in [0.15, 0.2) is 0 Å². The smallest absolute Gasteiger partial charge is 0.0282 e. The molecule has 1 unspecified atom stereocenters. The fourth-order valence-corrected chi connectivity index (χ4v) is 2.40. The fraction of sp³-hybridized carbons (Fsp3) is 0.647. The van der Waals surface area contributed by atoms with Crippen molar-refractivity contribution in [2.24, 2.45) is 11.3 Å². The van der Waals surface area contributed by atoms with E-state index in [4.69, 9.17) is 11.6 Å². The molecule has 0 aromatic heterocycles. The van der Waals surface area contributed by atoms with Crippen LogP contribution in [0.4, 0.5) is 0 Å². The Morgan fingerprint density at radius 2 is 1.50 bits per heavy atom. The Kier molecular flexibility index (Phi) is 4.89. The summed E-state index contributed by atoms with van der Waals surface area (Å²) >= 11 is 6.16. The molecule has 1 heteroatoms. The van der Waals surface area contributed by atoms with Crippen LogP contribution in [0.1, 0.15) is 52.7 Å². The van der Waals surface area contributed by atoms with E-state index in [1.807, 2.05) is 0 Å². The number of alkyl halides is 1. The van der Waals surface area contributed by atoms with Crippen molar-refractivity contribution in [1.82, 2.24) is 0 Å². The largest absolute Gasteiger partial charge is 0.126 e. The van der Waals surface area contributed by atoms with Crippen molar-refractivity contribution in [1.29, 1.82) is 0 Å². The zero-order chi connectivity index (χ0) is 14.0. The van der Waals surface area contributed by atoms with Crippen LogP contribution in [0.2, 0.25) is 0 Å². The predicted molar refractivity (Wildman–Crippen MR) is 82.5 cm³/mol. The summed E-state index contributed by atoms with van der Waals surface area (Å²) < 4.78 is 0. The van der Waals surface area contributed by atoms with Crippen LogP contribution in [0.5, 0.6) is 0 Å². The minimum atomic E-state index is 0.185. The average Bonchev–Trinajstić information content (AvgIpc) is 2.28. The number of rotatable bonds is 4. The van der Waals surface area contributed by atoms with Crippen molar-refractivity contribution in [3.8, 4) is 0 Å². The van der Waals surface area contributed by atoms with E-state index in [0.717, 1.165) is 6.42 Å². The molecule has 0 saturated carbocycles. The monoisotopic (exact) mass is 266 g/mol. The second-order valence-corrected chi connectivity index (χ2v) is 7.33. The van der Waals surface area contributed by atoms with Gasteiger partial charge in [-0.25, -0.2) is 0 Å². The molecule has 1 rings (SSSR count). The molecule has 0 heterocycles. The minimum Gasteiger partial charge on any atom is -0.126 e. The highest BCUT2D eigenvalue weighted by Gasteiger charge is 2.27. The lowest BCUT2D eigenvalue weighted by atomic mass is 9.75. The quantitative estimate of drug-likeness (QED) is 0.638. The molecule has 18 heavy (non-hydrogen) atoms. The van der Waals surface area contributed by atoms with E-state index in [-0.39, 0.29) is 10.8 Å². The number of hydrogen-bond donors (Lipinski definition) is 0. The van der Waals surface area contributed by atoms with Gasteiger partial charge in [-0.15, -0.1) is 11.6 Å². The molecule has 1 atom stereocenters. The van der Waals surface area contributed by atoms with Crippen LogP contribution < -0.4 is 0 Å². The molecule has 1 aromatic carbocycles. The van der Waals surface area contributed by atoms with E-state index in [1.54, 1.807) is 0 Å². The molecule has 0 fully saturated rings. The van der Waals surface area contributed by atoms with Gasteiger partial charge in [0, 0.05) is 5.88 Å². The maximum absolute atomic E-state index is 6.16. The van der Waals surface area contributed by atoms with Crippen LogP contribution >= 0.6 is 11.6 Å². The van der Waals surface area contributed by atoms with Crippen LogP contribution in [0.15, 0.2) is 24.3 Å². The number of benzene rings is 1. The Labute approximate surface area is 118 Å². The van der Waals surface area contributed by atoms with Crippen molar-refractivity contribution in [2.75, 3.05) is 5.88 Å². The Morgan fingerprint density at radius 1 is 1.00 bits per heavy atom. The normalized spacial score (nSPS) is 15.8. The third kappa shape index (κ3) is 3.75. The molecule has 1 aromatic rings. The molecular weight excluding hydrogens is 240 g/mol.